The number of hydrogen-bond donors (Lipinski definition) is 0. The van der Waals surface area contributed by atoms with Crippen LogP contribution in [0.15, 0.2) is 18.2 Å². The largest absolute Gasteiger partial charge is 0.466 e. The van der Waals surface area contributed by atoms with E-state index in [-0.39, 0.29) is 22.6 Å². The molecule has 0 amide bonds. The van der Waals surface area contributed by atoms with Crippen molar-refractivity contribution in [3.8, 4) is 0 Å². The molecule has 1 aliphatic heterocycles. The van der Waals surface area contributed by atoms with Crippen LogP contribution in [0, 0.1) is 16.0 Å². The number of ether oxygens (including phenoxy) is 1. The molecule has 0 saturated carbocycles. The molecule has 1 saturated heterocycles. The number of carbonyl (C=O) groups is 1. The second-order valence-corrected chi connectivity index (χ2v) is 5.29. The number of nitro groups is 1. The summed E-state index contributed by atoms with van der Waals surface area (Å²) in [5, 5.41) is 11.3. The summed E-state index contributed by atoms with van der Waals surface area (Å²) < 4.78 is 5.02. The number of anilines is 1. The van der Waals surface area contributed by atoms with Crippen LogP contribution in [0.1, 0.15) is 19.8 Å². The van der Waals surface area contributed by atoms with Crippen LogP contribution in [0.3, 0.4) is 0 Å². The highest BCUT2D eigenvalue weighted by Gasteiger charge is 2.30. The van der Waals surface area contributed by atoms with Gasteiger partial charge < -0.3 is 9.64 Å². The third kappa shape index (κ3) is 3.44. The van der Waals surface area contributed by atoms with Crippen molar-refractivity contribution in [1.82, 2.24) is 0 Å². The first-order valence-corrected chi connectivity index (χ1v) is 7.26. The number of benzene rings is 1. The van der Waals surface area contributed by atoms with Gasteiger partial charge in [0, 0.05) is 13.1 Å². The molecule has 0 spiro atoms. The average molecular weight is 313 g/mol. The van der Waals surface area contributed by atoms with Gasteiger partial charge in [0.15, 0.2) is 0 Å². The molecule has 7 heteroatoms. The van der Waals surface area contributed by atoms with Gasteiger partial charge in [-0.1, -0.05) is 17.7 Å². The molecule has 2 rings (SSSR count). The first kappa shape index (κ1) is 15.6. The number of halogens is 1. The van der Waals surface area contributed by atoms with Crippen molar-refractivity contribution in [3.05, 3.63) is 33.3 Å². The Kier molecular flexibility index (Phi) is 5.01. The molecule has 1 aromatic rings. The molecule has 0 atom stereocenters. The molecular formula is C14H17ClN2O4. The Morgan fingerprint density at radius 2 is 2.14 bits per heavy atom. The van der Waals surface area contributed by atoms with Crippen molar-refractivity contribution in [2.45, 2.75) is 19.8 Å². The standard InChI is InChI=1S/C14H17ClN2O4/c1-2-21-14(18)10-6-8-16(9-7-10)12-5-3-4-11(15)13(12)17(19)20/h3-5,10H,2,6-9H2,1H3. The van der Waals surface area contributed by atoms with Crippen molar-refractivity contribution in [3.63, 3.8) is 0 Å². The molecule has 21 heavy (non-hydrogen) atoms. The van der Waals surface area contributed by atoms with E-state index < -0.39 is 4.92 Å². The lowest BCUT2D eigenvalue weighted by Crippen LogP contribution is -2.37. The van der Waals surface area contributed by atoms with E-state index in [2.05, 4.69) is 0 Å². The van der Waals surface area contributed by atoms with Gasteiger partial charge in [-0.2, -0.15) is 0 Å². The summed E-state index contributed by atoms with van der Waals surface area (Å²) in [7, 11) is 0. The fourth-order valence-electron chi connectivity index (χ4n) is 2.56. The summed E-state index contributed by atoms with van der Waals surface area (Å²) in [4.78, 5) is 24.3. The molecule has 114 valence electrons. The molecule has 0 aromatic heterocycles. The highest BCUT2D eigenvalue weighted by molar-refractivity contribution is 6.33. The van der Waals surface area contributed by atoms with Crippen molar-refractivity contribution in [1.29, 1.82) is 0 Å². The van der Waals surface area contributed by atoms with Crippen molar-refractivity contribution in [2.75, 3.05) is 24.6 Å². The smallest absolute Gasteiger partial charge is 0.310 e. The van der Waals surface area contributed by atoms with E-state index in [4.69, 9.17) is 16.3 Å². The number of nitro benzene ring substituents is 1. The summed E-state index contributed by atoms with van der Waals surface area (Å²) in [5.41, 5.74) is 0.434. The summed E-state index contributed by atoms with van der Waals surface area (Å²) in [5.74, 6) is -0.308. The fourth-order valence-corrected chi connectivity index (χ4v) is 2.79. The maximum atomic E-state index is 11.7. The van der Waals surface area contributed by atoms with E-state index >= 15 is 0 Å². The Bertz CT molecular complexity index is 542. The highest BCUT2D eigenvalue weighted by atomic mass is 35.5. The molecule has 1 aliphatic rings. The highest BCUT2D eigenvalue weighted by Crippen LogP contribution is 2.36. The van der Waals surface area contributed by atoms with Gasteiger partial charge in [0.1, 0.15) is 10.7 Å². The third-order valence-electron chi connectivity index (χ3n) is 3.60. The number of hydrogen-bond acceptors (Lipinski definition) is 5. The van der Waals surface area contributed by atoms with Crippen molar-refractivity contribution in [2.24, 2.45) is 5.92 Å². The van der Waals surface area contributed by atoms with Crippen LogP contribution in [0.4, 0.5) is 11.4 Å². The number of nitrogens with zero attached hydrogens (tertiary/aromatic N) is 2. The minimum absolute atomic E-state index is 0.0752. The number of esters is 1. The van der Waals surface area contributed by atoms with Gasteiger partial charge in [-0.3, -0.25) is 14.9 Å². The SMILES string of the molecule is CCOC(=O)C1CCN(c2cccc(Cl)c2[N+](=O)[O-])CC1. The van der Waals surface area contributed by atoms with E-state index in [1.54, 1.807) is 19.1 Å². The van der Waals surface area contributed by atoms with Gasteiger partial charge in [-0.05, 0) is 31.9 Å². The number of rotatable bonds is 4. The predicted octanol–water partition coefficient (Wildman–Crippen LogP) is 3.03. The molecule has 0 N–H and O–H groups in total. The van der Waals surface area contributed by atoms with Crippen LogP contribution < -0.4 is 4.90 Å². The summed E-state index contributed by atoms with van der Waals surface area (Å²) in [6.45, 7) is 3.30. The molecular weight excluding hydrogens is 296 g/mol. The quantitative estimate of drug-likeness (QED) is 0.485. The number of carbonyl (C=O) groups excluding carboxylic acids is 1. The monoisotopic (exact) mass is 312 g/mol. The second-order valence-electron chi connectivity index (χ2n) is 4.88. The molecule has 0 unspecified atom stereocenters. The van der Waals surface area contributed by atoms with Gasteiger partial charge >= 0.3 is 11.7 Å². The fraction of sp³-hybridized carbons (Fsp3) is 0.500. The zero-order valence-electron chi connectivity index (χ0n) is 11.8. The van der Waals surface area contributed by atoms with Crippen molar-refractivity contribution < 1.29 is 14.5 Å². The molecule has 1 fully saturated rings. The Morgan fingerprint density at radius 3 is 2.71 bits per heavy atom. The van der Waals surface area contributed by atoms with Gasteiger partial charge in [-0.25, -0.2) is 0 Å². The van der Waals surface area contributed by atoms with Gasteiger partial charge in [0.05, 0.1) is 17.4 Å². The normalized spacial score (nSPS) is 15.8. The van der Waals surface area contributed by atoms with E-state index in [1.807, 2.05) is 4.90 Å². The lowest BCUT2D eigenvalue weighted by molar-refractivity contribution is -0.384. The van der Waals surface area contributed by atoms with E-state index in [1.165, 1.54) is 6.07 Å². The minimum Gasteiger partial charge on any atom is -0.466 e. The summed E-state index contributed by atoms with van der Waals surface area (Å²) in [6.07, 6.45) is 1.25. The Balaban J connectivity index is 2.11. The maximum absolute atomic E-state index is 11.7. The molecule has 1 aromatic carbocycles. The lowest BCUT2D eigenvalue weighted by Gasteiger charge is -2.32. The van der Waals surface area contributed by atoms with Crippen LogP contribution >= 0.6 is 11.6 Å². The molecule has 1 heterocycles. The van der Waals surface area contributed by atoms with E-state index in [9.17, 15) is 14.9 Å². The van der Waals surface area contributed by atoms with E-state index in [0.717, 1.165) is 0 Å². The topological polar surface area (TPSA) is 72.7 Å². The van der Waals surface area contributed by atoms with Crippen LogP contribution in [0.25, 0.3) is 0 Å². The van der Waals surface area contributed by atoms with Gasteiger partial charge in [-0.15, -0.1) is 0 Å². The number of piperidine rings is 1. The Hall–Kier alpha value is -1.82. The third-order valence-corrected chi connectivity index (χ3v) is 3.91. The summed E-state index contributed by atoms with van der Waals surface area (Å²) >= 11 is 5.92. The second kappa shape index (κ2) is 6.76. The van der Waals surface area contributed by atoms with Crippen LogP contribution in [0.5, 0.6) is 0 Å². The summed E-state index contributed by atoms with van der Waals surface area (Å²) in [6, 6.07) is 4.89. The lowest BCUT2D eigenvalue weighted by atomic mass is 9.96. The van der Waals surface area contributed by atoms with Crippen LogP contribution in [-0.2, 0) is 9.53 Å². The zero-order chi connectivity index (χ0) is 15.4. The average Bonchev–Trinajstić information content (AvgIpc) is 2.47. The van der Waals surface area contributed by atoms with Crippen LogP contribution in [-0.4, -0.2) is 30.6 Å². The van der Waals surface area contributed by atoms with Crippen molar-refractivity contribution >= 4 is 28.9 Å². The van der Waals surface area contributed by atoms with Gasteiger partial charge in [0.25, 0.3) is 0 Å². The minimum atomic E-state index is -0.463. The Morgan fingerprint density at radius 1 is 1.48 bits per heavy atom. The molecule has 6 nitrogen and oxygen atoms in total. The molecule has 0 bridgehead atoms. The maximum Gasteiger partial charge on any atom is 0.310 e. The van der Waals surface area contributed by atoms with Crippen LogP contribution in [0.2, 0.25) is 5.02 Å². The Labute approximate surface area is 127 Å². The molecule has 0 aliphatic carbocycles. The predicted molar refractivity (Wildman–Crippen MR) is 79.7 cm³/mol. The zero-order valence-corrected chi connectivity index (χ0v) is 12.5. The first-order valence-electron chi connectivity index (χ1n) is 6.89. The number of para-hydroxylation sites is 1. The molecule has 0 radical (unpaired) electrons. The van der Waals surface area contributed by atoms with Gasteiger partial charge in [0.2, 0.25) is 0 Å². The van der Waals surface area contributed by atoms with E-state index in [0.29, 0.717) is 38.2 Å². The first-order chi connectivity index (χ1) is 10.0.